The molecule has 1 heterocycles. The molecule has 0 aromatic heterocycles. The standard InChI is InChI=1S/C11H17NO2/c1-3-5-10-6-8-12(9-7-10)11(13)14-4-2/h3,6,8,10H,1,4-5,7,9H2,2H3. The van der Waals surface area contributed by atoms with Crippen LogP contribution in [0.1, 0.15) is 19.8 Å². The summed E-state index contributed by atoms with van der Waals surface area (Å²) in [4.78, 5) is 12.9. The predicted octanol–water partition coefficient (Wildman–Crippen LogP) is 2.55. The molecule has 0 aliphatic carbocycles. The number of nitrogens with zero attached hydrogens (tertiary/aromatic N) is 1. The Balaban J connectivity index is 2.42. The highest BCUT2D eigenvalue weighted by molar-refractivity contribution is 5.69. The van der Waals surface area contributed by atoms with E-state index in [1.165, 1.54) is 0 Å². The van der Waals surface area contributed by atoms with E-state index in [9.17, 15) is 4.79 Å². The number of hydrogen-bond donors (Lipinski definition) is 0. The van der Waals surface area contributed by atoms with Crippen molar-refractivity contribution in [2.24, 2.45) is 5.92 Å². The lowest BCUT2D eigenvalue weighted by Crippen LogP contribution is -2.31. The number of amides is 1. The average Bonchev–Trinajstić information content (AvgIpc) is 2.20. The van der Waals surface area contributed by atoms with E-state index in [-0.39, 0.29) is 6.09 Å². The van der Waals surface area contributed by atoms with Gasteiger partial charge in [0.1, 0.15) is 0 Å². The molecule has 0 radical (unpaired) electrons. The fourth-order valence-electron chi connectivity index (χ4n) is 1.47. The SMILES string of the molecule is C=CCC1C=CN(C(=O)OCC)CC1. The smallest absolute Gasteiger partial charge is 0.413 e. The number of carbonyl (C=O) groups is 1. The average molecular weight is 195 g/mol. The van der Waals surface area contributed by atoms with Gasteiger partial charge in [-0.25, -0.2) is 4.79 Å². The molecule has 1 aliphatic rings. The summed E-state index contributed by atoms with van der Waals surface area (Å²) in [7, 11) is 0. The van der Waals surface area contributed by atoms with Gasteiger partial charge in [-0.15, -0.1) is 6.58 Å². The van der Waals surface area contributed by atoms with Gasteiger partial charge >= 0.3 is 6.09 Å². The third-order valence-corrected chi connectivity index (χ3v) is 2.25. The minimum absolute atomic E-state index is 0.249. The van der Waals surface area contributed by atoms with E-state index in [1.807, 2.05) is 25.3 Å². The molecule has 14 heavy (non-hydrogen) atoms. The molecule has 1 atom stereocenters. The maximum Gasteiger partial charge on any atom is 0.413 e. The molecule has 3 nitrogen and oxygen atoms in total. The van der Waals surface area contributed by atoms with E-state index in [4.69, 9.17) is 4.74 Å². The highest BCUT2D eigenvalue weighted by atomic mass is 16.6. The highest BCUT2D eigenvalue weighted by Crippen LogP contribution is 2.17. The zero-order chi connectivity index (χ0) is 10.4. The second kappa shape index (κ2) is 5.47. The number of rotatable bonds is 3. The van der Waals surface area contributed by atoms with Gasteiger partial charge in [0.25, 0.3) is 0 Å². The Morgan fingerprint density at radius 1 is 1.79 bits per heavy atom. The molecule has 0 bridgehead atoms. The Bertz CT molecular complexity index is 235. The molecule has 1 rings (SSSR count). The quantitative estimate of drug-likeness (QED) is 0.648. The molecule has 0 spiro atoms. The van der Waals surface area contributed by atoms with E-state index in [2.05, 4.69) is 6.58 Å². The number of hydrogen-bond acceptors (Lipinski definition) is 2. The van der Waals surface area contributed by atoms with Crippen LogP contribution in [0.25, 0.3) is 0 Å². The maximum absolute atomic E-state index is 11.3. The van der Waals surface area contributed by atoms with Crippen LogP contribution in [0.4, 0.5) is 4.79 Å². The van der Waals surface area contributed by atoms with Gasteiger partial charge in [0.05, 0.1) is 6.61 Å². The van der Waals surface area contributed by atoms with Crippen LogP contribution >= 0.6 is 0 Å². The molecule has 0 N–H and O–H groups in total. The number of ether oxygens (including phenoxy) is 1. The van der Waals surface area contributed by atoms with Gasteiger partial charge in [-0.1, -0.05) is 12.2 Å². The van der Waals surface area contributed by atoms with Crippen molar-refractivity contribution < 1.29 is 9.53 Å². The third-order valence-electron chi connectivity index (χ3n) is 2.25. The van der Waals surface area contributed by atoms with Crippen LogP contribution in [-0.2, 0) is 4.74 Å². The van der Waals surface area contributed by atoms with Crippen molar-refractivity contribution in [3.8, 4) is 0 Å². The molecule has 3 heteroatoms. The molecule has 0 saturated carbocycles. The summed E-state index contributed by atoms with van der Waals surface area (Å²) in [6, 6.07) is 0. The van der Waals surface area contributed by atoms with Gasteiger partial charge in [0.15, 0.2) is 0 Å². The van der Waals surface area contributed by atoms with E-state index < -0.39 is 0 Å². The Labute approximate surface area is 85.0 Å². The monoisotopic (exact) mass is 195 g/mol. The van der Waals surface area contributed by atoms with Crippen molar-refractivity contribution in [2.45, 2.75) is 19.8 Å². The van der Waals surface area contributed by atoms with Crippen LogP contribution in [0.2, 0.25) is 0 Å². The van der Waals surface area contributed by atoms with Crippen molar-refractivity contribution in [3.05, 3.63) is 24.9 Å². The van der Waals surface area contributed by atoms with Crippen LogP contribution in [0.5, 0.6) is 0 Å². The normalized spacial score (nSPS) is 20.6. The van der Waals surface area contributed by atoms with Gasteiger partial charge in [-0.05, 0) is 25.7 Å². The van der Waals surface area contributed by atoms with Crippen molar-refractivity contribution in [1.29, 1.82) is 0 Å². The largest absolute Gasteiger partial charge is 0.449 e. The predicted molar refractivity (Wildman–Crippen MR) is 55.8 cm³/mol. The Hall–Kier alpha value is -1.25. The zero-order valence-electron chi connectivity index (χ0n) is 8.61. The first-order valence-electron chi connectivity index (χ1n) is 5.00. The fraction of sp³-hybridized carbons (Fsp3) is 0.545. The Morgan fingerprint density at radius 2 is 2.57 bits per heavy atom. The summed E-state index contributed by atoms with van der Waals surface area (Å²) in [5, 5.41) is 0. The number of carbonyl (C=O) groups excluding carboxylic acids is 1. The zero-order valence-corrected chi connectivity index (χ0v) is 8.61. The highest BCUT2D eigenvalue weighted by Gasteiger charge is 2.17. The summed E-state index contributed by atoms with van der Waals surface area (Å²) in [5.74, 6) is 0.526. The maximum atomic E-state index is 11.3. The van der Waals surface area contributed by atoms with Crippen molar-refractivity contribution >= 4 is 6.09 Å². The molecule has 0 aromatic rings. The summed E-state index contributed by atoms with van der Waals surface area (Å²) >= 11 is 0. The van der Waals surface area contributed by atoms with E-state index in [0.717, 1.165) is 19.4 Å². The lowest BCUT2D eigenvalue weighted by molar-refractivity contribution is 0.119. The van der Waals surface area contributed by atoms with Gasteiger partial charge in [-0.2, -0.15) is 0 Å². The second-order valence-electron chi connectivity index (χ2n) is 3.31. The van der Waals surface area contributed by atoms with Gasteiger partial charge in [0.2, 0.25) is 0 Å². The summed E-state index contributed by atoms with van der Waals surface area (Å²) in [5.41, 5.74) is 0. The molecular weight excluding hydrogens is 178 g/mol. The van der Waals surface area contributed by atoms with Gasteiger partial charge < -0.3 is 4.74 Å². The van der Waals surface area contributed by atoms with Crippen LogP contribution < -0.4 is 0 Å². The van der Waals surface area contributed by atoms with Crippen LogP contribution in [0.15, 0.2) is 24.9 Å². The molecule has 0 aromatic carbocycles. The molecular formula is C11H17NO2. The Kier molecular flexibility index (Phi) is 4.23. The first-order chi connectivity index (χ1) is 6.77. The summed E-state index contributed by atoms with van der Waals surface area (Å²) < 4.78 is 4.89. The summed E-state index contributed by atoms with van der Waals surface area (Å²) in [6.45, 7) is 6.68. The van der Waals surface area contributed by atoms with Gasteiger partial charge in [-0.3, -0.25) is 4.90 Å². The van der Waals surface area contributed by atoms with Crippen molar-refractivity contribution in [3.63, 3.8) is 0 Å². The van der Waals surface area contributed by atoms with Crippen molar-refractivity contribution in [2.75, 3.05) is 13.2 Å². The van der Waals surface area contributed by atoms with Crippen LogP contribution in [-0.4, -0.2) is 24.1 Å². The number of allylic oxidation sites excluding steroid dienone is 2. The summed E-state index contributed by atoms with van der Waals surface area (Å²) in [6.07, 6.45) is 7.49. The van der Waals surface area contributed by atoms with Gasteiger partial charge in [0, 0.05) is 12.7 Å². The first-order valence-corrected chi connectivity index (χ1v) is 5.00. The molecule has 78 valence electrons. The molecule has 0 saturated heterocycles. The minimum Gasteiger partial charge on any atom is -0.449 e. The topological polar surface area (TPSA) is 29.5 Å². The molecule has 1 unspecified atom stereocenters. The van der Waals surface area contributed by atoms with Crippen LogP contribution in [0.3, 0.4) is 0 Å². The van der Waals surface area contributed by atoms with Crippen molar-refractivity contribution in [1.82, 2.24) is 4.90 Å². The van der Waals surface area contributed by atoms with Crippen LogP contribution in [0, 0.1) is 5.92 Å². The third kappa shape index (κ3) is 2.91. The first kappa shape index (κ1) is 10.8. The lowest BCUT2D eigenvalue weighted by Gasteiger charge is -2.24. The molecule has 1 aliphatic heterocycles. The van der Waals surface area contributed by atoms with E-state index in [0.29, 0.717) is 12.5 Å². The van der Waals surface area contributed by atoms with E-state index in [1.54, 1.807) is 4.90 Å². The molecule has 0 fully saturated rings. The Morgan fingerprint density at radius 3 is 3.07 bits per heavy atom. The molecule has 1 amide bonds. The lowest BCUT2D eigenvalue weighted by atomic mass is 9.99. The minimum atomic E-state index is -0.249. The fourth-order valence-corrected chi connectivity index (χ4v) is 1.47. The second-order valence-corrected chi connectivity index (χ2v) is 3.31. The van der Waals surface area contributed by atoms with E-state index >= 15 is 0 Å².